The molecule has 0 aromatic heterocycles. The van der Waals surface area contributed by atoms with Crippen molar-refractivity contribution in [1.82, 2.24) is 4.72 Å². The molecule has 0 radical (unpaired) electrons. The van der Waals surface area contributed by atoms with Crippen LogP contribution < -0.4 is 13.6 Å². The molecule has 0 spiro atoms. The molecule has 2 aromatic rings. The number of para-hydroxylation sites is 1. The number of methoxy groups -OCH3 is 1. The van der Waals surface area contributed by atoms with Crippen LogP contribution in [0.25, 0.3) is 0 Å². The van der Waals surface area contributed by atoms with Crippen LogP contribution in [0.5, 0.6) is 11.5 Å². The Bertz CT molecular complexity index is 1090. The maximum absolute atomic E-state index is 13.6. The van der Waals surface area contributed by atoms with Gasteiger partial charge in [-0.2, -0.15) is 8.42 Å². The average molecular weight is 490 g/mol. The summed E-state index contributed by atoms with van der Waals surface area (Å²) in [7, 11) is -2.93. The molecular weight excluding hydrogens is 454 g/mol. The second-order valence-electron chi connectivity index (χ2n) is 9.59. The van der Waals surface area contributed by atoms with E-state index in [1.54, 1.807) is 24.3 Å². The Morgan fingerprint density at radius 1 is 1.03 bits per heavy atom. The Morgan fingerprint density at radius 2 is 1.59 bits per heavy atom. The van der Waals surface area contributed by atoms with Gasteiger partial charge in [0.1, 0.15) is 5.75 Å². The third-order valence-electron chi connectivity index (χ3n) is 6.60. The lowest BCUT2D eigenvalue weighted by Gasteiger charge is -2.37. The zero-order chi connectivity index (χ0) is 25.1. The van der Waals surface area contributed by atoms with E-state index in [4.69, 9.17) is 8.92 Å². The van der Waals surface area contributed by atoms with Gasteiger partial charge < -0.3 is 14.0 Å². The van der Waals surface area contributed by atoms with Crippen molar-refractivity contribution in [2.75, 3.05) is 7.11 Å². The molecule has 3 rings (SSSR count). The molecule has 2 N–H and O–H groups in total. The number of hydrogen-bond donors (Lipinski definition) is 2. The highest BCUT2D eigenvalue weighted by Gasteiger charge is 2.45. The van der Waals surface area contributed by atoms with Crippen LogP contribution in [0.2, 0.25) is 0 Å². The van der Waals surface area contributed by atoms with Crippen molar-refractivity contribution in [2.45, 2.75) is 76.7 Å². The van der Waals surface area contributed by atoms with E-state index >= 15 is 0 Å². The predicted octanol–water partition coefficient (Wildman–Crippen LogP) is 4.55. The number of hydrogen-bond acceptors (Lipinski definition) is 6. The van der Waals surface area contributed by atoms with Crippen molar-refractivity contribution in [3.63, 3.8) is 0 Å². The normalized spacial score (nSPS) is 20.9. The highest BCUT2D eigenvalue weighted by molar-refractivity contribution is 7.85. The summed E-state index contributed by atoms with van der Waals surface area (Å²) in [4.78, 5) is 13.6. The van der Waals surface area contributed by atoms with Gasteiger partial charge in [-0.15, -0.1) is 0 Å². The molecule has 186 valence electrons. The van der Waals surface area contributed by atoms with Crippen molar-refractivity contribution in [2.24, 2.45) is 0 Å². The van der Waals surface area contributed by atoms with Gasteiger partial charge in [0.15, 0.2) is 5.75 Å². The van der Waals surface area contributed by atoms with Gasteiger partial charge in [0.25, 0.3) is 0 Å². The van der Waals surface area contributed by atoms with Gasteiger partial charge in [0.05, 0.1) is 18.6 Å². The molecule has 1 aliphatic carbocycles. The monoisotopic (exact) mass is 489 g/mol. The molecular formula is C26H35NO6S. The molecule has 8 heteroatoms. The summed E-state index contributed by atoms with van der Waals surface area (Å²) >= 11 is 0. The lowest BCUT2D eigenvalue weighted by molar-refractivity contribution is -0.127. The number of ether oxygens (including phenoxy) is 1. The number of carbonyl (C=O) groups is 1. The predicted molar refractivity (Wildman–Crippen MR) is 131 cm³/mol. The van der Waals surface area contributed by atoms with Gasteiger partial charge in [-0.25, -0.2) is 4.72 Å². The molecule has 7 nitrogen and oxygen atoms in total. The first kappa shape index (κ1) is 26.0. The Labute approximate surface area is 202 Å². The summed E-state index contributed by atoms with van der Waals surface area (Å²) < 4.78 is 39.3. The smallest absolute Gasteiger partial charge is 0.409 e. The quantitative estimate of drug-likeness (QED) is 0.564. The molecule has 1 amide bonds. The maximum Gasteiger partial charge on any atom is 0.409 e. The standard InChI is InChI=1S/C26H35NO6S/c1-17(2)22-10-7-11-23(18(3)4)24(22)33-34(30,31)27-25(29)26(14-12-20(28)13-15-26)19-8-6-9-21(16-19)32-5/h6-11,16-18,20,28H,12-15H2,1-5H3,(H,27,29). The molecule has 0 aliphatic heterocycles. The number of benzene rings is 2. The number of nitrogens with one attached hydrogen (secondary N) is 1. The Balaban J connectivity index is 1.96. The van der Waals surface area contributed by atoms with Crippen LogP contribution in [0.4, 0.5) is 0 Å². The van der Waals surface area contributed by atoms with E-state index in [1.807, 2.05) is 45.9 Å². The van der Waals surface area contributed by atoms with Crippen molar-refractivity contribution >= 4 is 16.2 Å². The lowest BCUT2D eigenvalue weighted by atomic mass is 9.68. The maximum atomic E-state index is 13.6. The fraction of sp³-hybridized carbons (Fsp3) is 0.500. The van der Waals surface area contributed by atoms with Gasteiger partial charge in [0.2, 0.25) is 5.91 Å². The van der Waals surface area contributed by atoms with Crippen molar-refractivity contribution in [3.05, 3.63) is 59.2 Å². The van der Waals surface area contributed by atoms with E-state index in [1.165, 1.54) is 7.11 Å². The molecule has 0 saturated heterocycles. The highest BCUT2D eigenvalue weighted by atomic mass is 32.2. The van der Waals surface area contributed by atoms with Gasteiger partial charge in [-0.05, 0) is 66.3 Å². The van der Waals surface area contributed by atoms with E-state index in [9.17, 15) is 18.3 Å². The largest absolute Gasteiger partial charge is 0.497 e. The van der Waals surface area contributed by atoms with Crippen LogP contribution in [0.15, 0.2) is 42.5 Å². The molecule has 0 bridgehead atoms. The Kier molecular flexibility index (Phi) is 7.93. The van der Waals surface area contributed by atoms with Crippen LogP contribution in [0.3, 0.4) is 0 Å². The van der Waals surface area contributed by atoms with Crippen LogP contribution in [-0.4, -0.2) is 32.6 Å². The summed E-state index contributed by atoms with van der Waals surface area (Å²) in [6.45, 7) is 7.84. The van der Waals surface area contributed by atoms with Crippen LogP contribution >= 0.6 is 0 Å². The molecule has 0 heterocycles. The highest BCUT2D eigenvalue weighted by Crippen LogP contribution is 2.41. The van der Waals surface area contributed by atoms with E-state index in [0.29, 0.717) is 37.0 Å². The summed E-state index contributed by atoms with van der Waals surface area (Å²) in [6, 6.07) is 12.6. The topological polar surface area (TPSA) is 102 Å². The zero-order valence-electron chi connectivity index (χ0n) is 20.5. The first-order chi connectivity index (χ1) is 16.0. The van der Waals surface area contributed by atoms with Crippen LogP contribution in [0, 0.1) is 0 Å². The van der Waals surface area contributed by atoms with Gasteiger partial charge >= 0.3 is 10.3 Å². The number of aliphatic hydroxyl groups is 1. The van der Waals surface area contributed by atoms with E-state index in [-0.39, 0.29) is 17.6 Å². The minimum atomic E-state index is -4.46. The molecule has 0 atom stereocenters. The number of carbonyl (C=O) groups excluding carboxylic acids is 1. The van der Waals surface area contributed by atoms with Crippen molar-refractivity contribution in [3.8, 4) is 11.5 Å². The lowest BCUT2D eigenvalue weighted by Crippen LogP contribution is -2.50. The molecule has 1 fully saturated rings. The third kappa shape index (κ3) is 5.55. The minimum absolute atomic E-state index is 0.0301. The SMILES string of the molecule is COc1cccc(C2(C(=O)NS(=O)(=O)Oc3c(C(C)C)cccc3C(C)C)CCC(O)CC2)c1. The zero-order valence-corrected chi connectivity index (χ0v) is 21.3. The first-order valence-corrected chi connectivity index (χ1v) is 13.1. The number of aliphatic hydroxyl groups excluding tert-OH is 1. The summed E-state index contributed by atoms with van der Waals surface area (Å²) in [5.74, 6) is 0.232. The van der Waals surface area contributed by atoms with Gasteiger partial charge in [-0.1, -0.05) is 58.0 Å². The second kappa shape index (κ2) is 10.4. The third-order valence-corrected chi connectivity index (χ3v) is 7.42. The van der Waals surface area contributed by atoms with E-state index in [0.717, 1.165) is 11.1 Å². The van der Waals surface area contributed by atoms with E-state index < -0.39 is 27.7 Å². The average Bonchev–Trinajstić information content (AvgIpc) is 2.79. The van der Waals surface area contributed by atoms with Gasteiger partial charge in [0, 0.05) is 0 Å². The number of amides is 1. The Morgan fingerprint density at radius 3 is 2.12 bits per heavy atom. The van der Waals surface area contributed by atoms with Crippen molar-refractivity contribution in [1.29, 1.82) is 0 Å². The molecule has 2 aromatic carbocycles. The fourth-order valence-electron chi connectivity index (χ4n) is 4.58. The van der Waals surface area contributed by atoms with Gasteiger partial charge in [-0.3, -0.25) is 4.79 Å². The fourth-order valence-corrected chi connectivity index (χ4v) is 5.46. The molecule has 1 aliphatic rings. The summed E-state index contributed by atoms with van der Waals surface area (Å²) in [6.07, 6.45) is 0.870. The second-order valence-corrected chi connectivity index (χ2v) is 10.9. The molecule has 34 heavy (non-hydrogen) atoms. The summed E-state index contributed by atoms with van der Waals surface area (Å²) in [5, 5.41) is 10.1. The Hall–Kier alpha value is -2.58. The van der Waals surface area contributed by atoms with Crippen molar-refractivity contribution < 1.29 is 27.2 Å². The van der Waals surface area contributed by atoms with E-state index in [2.05, 4.69) is 4.72 Å². The molecule has 0 unspecified atom stereocenters. The molecule has 1 saturated carbocycles. The van der Waals surface area contributed by atoms with Crippen LogP contribution in [0.1, 0.15) is 81.9 Å². The first-order valence-electron chi connectivity index (χ1n) is 11.7. The number of rotatable bonds is 8. The summed E-state index contributed by atoms with van der Waals surface area (Å²) in [5.41, 5.74) is 1.04. The van der Waals surface area contributed by atoms with Crippen LogP contribution in [-0.2, 0) is 20.5 Å². The minimum Gasteiger partial charge on any atom is -0.497 e.